The van der Waals surface area contributed by atoms with E-state index in [4.69, 9.17) is 11.6 Å². The number of aromatic amines is 1. The predicted octanol–water partition coefficient (Wildman–Crippen LogP) is 1.65. The first-order chi connectivity index (χ1) is 14.9. The maximum Gasteiger partial charge on any atom is 0.268 e. The molecule has 0 spiro atoms. The number of nitrogens with zero attached hydrogens (tertiary/aromatic N) is 2. The number of nitrogens with one attached hydrogen (secondary N) is 4. The van der Waals surface area contributed by atoms with E-state index in [0.29, 0.717) is 41.2 Å². The third-order valence-corrected chi connectivity index (χ3v) is 6.09. The van der Waals surface area contributed by atoms with Gasteiger partial charge in [-0.05, 0) is 31.2 Å². The molecule has 1 saturated heterocycles. The molecule has 1 aliphatic heterocycles. The van der Waals surface area contributed by atoms with Gasteiger partial charge in [0, 0.05) is 24.0 Å². The number of hydrogen-bond donors (Lipinski definition) is 4. The molecule has 2 aliphatic rings. The maximum atomic E-state index is 12.9. The summed E-state index contributed by atoms with van der Waals surface area (Å²) in [6.07, 6.45) is 6.49. The Hall–Kier alpha value is -3.12. The van der Waals surface area contributed by atoms with Crippen LogP contribution < -0.4 is 16.0 Å². The molecule has 1 aliphatic carbocycles. The van der Waals surface area contributed by atoms with Crippen molar-refractivity contribution in [1.82, 2.24) is 25.9 Å². The van der Waals surface area contributed by atoms with Gasteiger partial charge in [-0.3, -0.25) is 19.4 Å². The van der Waals surface area contributed by atoms with Gasteiger partial charge in [0.2, 0.25) is 11.8 Å². The van der Waals surface area contributed by atoms with Crippen LogP contribution in [0, 0.1) is 23.2 Å². The Bertz CT molecular complexity index is 1060. The molecule has 3 amide bonds. The van der Waals surface area contributed by atoms with Crippen molar-refractivity contribution in [2.45, 2.75) is 44.2 Å². The number of pyridine rings is 1. The second-order valence-corrected chi connectivity index (χ2v) is 8.58. The number of rotatable bonds is 8. The number of carbonyl (C=O) groups excluding carboxylic acids is 3. The first-order valence-corrected chi connectivity index (χ1v) is 10.7. The van der Waals surface area contributed by atoms with Crippen LogP contribution in [0.1, 0.15) is 42.6 Å². The highest BCUT2D eigenvalue weighted by Crippen LogP contribution is 2.33. The van der Waals surface area contributed by atoms with Crippen LogP contribution in [-0.2, 0) is 9.59 Å². The van der Waals surface area contributed by atoms with E-state index in [-0.39, 0.29) is 23.9 Å². The van der Waals surface area contributed by atoms with E-state index in [1.165, 1.54) is 6.20 Å². The van der Waals surface area contributed by atoms with Crippen LogP contribution in [0.2, 0.25) is 5.02 Å². The highest BCUT2D eigenvalue weighted by atomic mass is 35.5. The van der Waals surface area contributed by atoms with Crippen molar-refractivity contribution in [2.24, 2.45) is 11.8 Å². The quantitative estimate of drug-likeness (QED) is 0.492. The Morgan fingerprint density at radius 3 is 2.71 bits per heavy atom. The second kappa shape index (κ2) is 8.94. The molecular weight excluding hydrogens is 420 g/mol. The van der Waals surface area contributed by atoms with E-state index < -0.39 is 23.9 Å². The van der Waals surface area contributed by atoms with Crippen molar-refractivity contribution in [3.63, 3.8) is 0 Å². The predicted molar refractivity (Wildman–Crippen MR) is 113 cm³/mol. The Kier molecular flexibility index (Phi) is 6.09. The molecule has 3 unspecified atom stereocenters. The molecule has 3 heterocycles. The molecule has 4 N–H and O–H groups in total. The highest BCUT2D eigenvalue weighted by Gasteiger charge is 2.33. The van der Waals surface area contributed by atoms with Gasteiger partial charge in [0.1, 0.15) is 17.8 Å². The molecule has 10 heteroatoms. The fraction of sp³-hybridized carbons (Fsp3) is 0.476. The van der Waals surface area contributed by atoms with Gasteiger partial charge >= 0.3 is 0 Å². The van der Waals surface area contributed by atoms with Gasteiger partial charge in [-0.25, -0.2) is 0 Å². The number of H-pyrrole nitrogens is 1. The fourth-order valence-electron chi connectivity index (χ4n) is 3.86. The number of fused-ring (bicyclic) bond motifs is 1. The zero-order valence-corrected chi connectivity index (χ0v) is 17.5. The molecular formula is C21H23ClN6O3. The minimum absolute atomic E-state index is 0.0932. The minimum Gasteiger partial charge on any atom is -0.356 e. The molecule has 4 rings (SSSR count). The summed E-state index contributed by atoms with van der Waals surface area (Å²) in [6, 6.07) is 2.12. The molecule has 2 aromatic heterocycles. The molecule has 3 atom stereocenters. The standard InChI is InChI=1S/C21H23ClN6O3/c22-15-9-24-10-18-14(15)7-17(27-18)21(31)28-16(5-11-1-2-11)20(30)26-13(8-23)6-12-3-4-25-19(12)29/h7,9-13,16,27H,1-6H2,(H,25,29)(H,26,30)(H,28,31). The summed E-state index contributed by atoms with van der Waals surface area (Å²) in [6.45, 7) is 0.583. The van der Waals surface area contributed by atoms with E-state index in [2.05, 4.69) is 32.0 Å². The molecule has 9 nitrogen and oxygen atoms in total. The van der Waals surface area contributed by atoms with Crippen molar-refractivity contribution in [3.8, 4) is 6.07 Å². The van der Waals surface area contributed by atoms with Crippen molar-refractivity contribution in [2.75, 3.05) is 6.54 Å². The van der Waals surface area contributed by atoms with Crippen LogP contribution >= 0.6 is 11.6 Å². The highest BCUT2D eigenvalue weighted by molar-refractivity contribution is 6.35. The van der Waals surface area contributed by atoms with Gasteiger partial charge in [-0.2, -0.15) is 5.26 Å². The molecule has 2 fully saturated rings. The lowest BCUT2D eigenvalue weighted by Crippen LogP contribution is -2.50. The molecule has 162 valence electrons. The van der Waals surface area contributed by atoms with E-state index in [1.807, 2.05) is 0 Å². The summed E-state index contributed by atoms with van der Waals surface area (Å²) in [5.74, 6) is -0.855. The van der Waals surface area contributed by atoms with Crippen LogP contribution in [0.25, 0.3) is 10.9 Å². The number of amides is 3. The number of carbonyl (C=O) groups is 3. The zero-order chi connectivity index (χ0) is 22.0. The third kappa shape index (κ3) is 4.97. The number of hydrogen-bond acceptors (Lipinski definition) is 5. The molecule has 2 aromatic rings. The lowest BCUT2D eigenvalue weighted by Gasteiger charge is -2.21. The summed E-state index contributed by atoms with van der Waals surface area (Å²) in [5.41, 5.74) is 0.901. The van der Waals surface area contributed by atoms with E-state index in [9.17, 15) is 19.6 Å². The lowest BCUT2D eigenvalue weighted by atomic mass is 9.98. The Morgan fingerprint density at radius 2 is 2.06 bits per heavy atom. The van der Waals surface area contributed by atoms with Crippen LogP contribution in [-0.4, -0.2) is 46.3 Å². The second-order valence-electron chi connectivity index (χ2n) is 8.17. The third-order valence-electron chi connectivity index (χ3n) is 5.78. The number of halogens is 1. The molecule has 0 aromatic carbocycles. The normalized spacial score (nSPS) is 20.0. The van der Waals surface area contributed by atoms with Crippen molar-refractivity contribution in [3.05, 3.63) is 29.2 Å². The Labute approximate surface area is 183 Å². The average Bonchev–Trinajstić information content (AvgIpc) is 3.30. The molecule has 31 heavy (non-hydrogen) atoms. The first kappa shape index (κ1) is 21.1. The van der Waals surface area contributed by atoms with E-state index >= 15 is 0 Å². The summed E-state index contributed by atoms with van der Waals surface area (Å²) < 4.78 is 0. The van der Waals surface area contributed by atoms with E-state index in [0.717, 1.165) is 12.8 Å². The van der Waals surface area contributed by atoms with Crippen LogP contribution in [0.4, 0.5) is 0 Å². The van der Waals surface area contributed by atoms with E-state index in [1.54, 1.807) is 12.3 Å². The first-order valence-electron chi connectivity index (χ1n) is 10.4. The van der Waals surface area contributed by atoms with Crippen LogP contribution in [0.3, 0.4) is 0 Å². The van der Waals surface area contributed by atoms with Crippen LogP contribution in [0.5, 0.6) is 0 Å². The van der Waals surface area contributed by atoms with Gasteiger partial charge in [-0.15, -0.1) is 0 Å². The average molecular weight is 443 g/mol. The largest absolute Gasteiger partial charge is 0.356 e. The summed E-state index contributed by atoms with van der Waals surface area (Å²) >= 11 is 6.12. The molecule has 0 bridgehead atoms. The van der Waals surface area contributed by atoms with Gasteiger partial charge in [0.05, 0.1) is 22.8 Å². The molecule has 1 saturated carbocycles. The van der Waals surface area contributed by atoms with Crippen LogP contribution in [0.15, 0.2) is 18.5 Å². The SMILES string of the molecule is N#CC(CC1CCNC1=O)NC(=O)C(CC1CC1)NC(=O)c1cc2c(Cl)cncc2[nH]1. The topological polar surface area (TPSA) is 140 Å². The molecule has 0 radical (unpaired) electrons. The summed E-state index contributed by atoms with van der Waals surface area (Å²) in [7, 11) is 0. The van der Waals surface area contributed by atoms with Crippen molar-refractivity contribution >= 4 is 40.2 Å². The number of aromatic nitrogens is 2. The zero-order valence-electron chi connectivity index (χ0n) is 16.8. The van der Waals surface area contributed by atoms with Gasteiger partial charge in [0.25, 0.3) is 5.91 Å². The smallest absolute Gasteiger partial charge is 0.268 e. The van der Waals surface area contributed by atoms with Gasteiger partial charge in [-0.1, -0.05) is 24.4 Å². The van der Waals surface area contributed by atoms with Crippen molar-refractivity contribution in [1.29, 1.82) is 5.26 Å². The monoisotopic (exact) mass is 442 g/mol. The maximum absolute atomic E-state index is 12.9. The lowest BCUT2D eigenvalue weighted by molar-refractivity contribution is -0.125. The van der Waals surface area contributed by atoms with Crippen molar-refractivity contribution < 1.29 is 14.4 Å². The Morgan fingerprint density at radius 1 is 1.26 bits per heavy atom. The number of nitriles is 1. The van der Waals surface area contributed by atoms with Gasteiger partial charge in [0.15, 0.2) is 0 Å². The Balaban J connectivity index is 1.43. The summed E-state index contributed by atoms with van der Waals surface area (Å²) in [4.78, 5) is 44.5. The fourth-order valence-corrected chi connectivity index (χ4v) is 4.08. The summed E-state index contributed by atoms with van der Waals surface area (Å²) in [5, 5.41) is 18.8. The minimum atomic E-state index is -0.794. The van der Waals surface area contributed by atoms with Gasteiger partial charge < -0.3 is 20.9 Å².